The van der Waals surface area contributed by atoms with Crippen LogP contribution in [0.3, 0.4) is 0 Å². The van der Waals surface area contributed by atoms with E-state index in [0.717, 1.165) is 12.1 Å². The molecule has 1 aromatic carbocycles. The summed E-state index contributed by atoms with van der Waals surface area (Å²) in [5.41, 5.74) is -1.07. The second-order valence-corrected chi connectivity index (χ2v) is 5.72. The third-order valence-corrected chi connectivity index (χ3v) is 3.27. The average molecular weight is 311 g/mol. The second kappa shape index (κ2) is 5.12. The zero-order valence-corrected chi connectivity index (χ0v) is 10.7. The van der Waals surface area contributed by atoms with E-state index in [1.165, 1.54) is 5.32 Å². The van der Waals surface area contributed by atoms with E-state index >= 15 is 0 Å². The van der Waals surface area contributed by atoms with E-state index in [1.807, 2.05) is 0 Å². The summed E-state index contributed by atoms with van der Waals surface area (Å²) >= 11 is 0. The second-order valence-electron chi connectivity index (χ2n) is 3.74. The van der Waals surface area contributed by atoms with Crippen molar-refractivity contribution in [3.05, 3.63) is 23.8 Å². The van der Waals surface area contributed by atoms with Crippen LogP contribution in [0.2, 0.25) is 0 Å². The molecule has 1 aromatic rings. The fourth-order valence-electron chi connectivity index (χ4n) is 1.26. The first kappa shape index (κ1) is 16.0. The number of carboxylic acids is 1. The number of nitrogens with one attached hydrogen (secondary N) is 1. The van der Waals surface area contributed by atoms with Crippen LogP contribution in [0.4, 0.5) is 18.9 Å². The average Bonchev–Trinajstić information content (AvgIpc) is 2.26. The van der Waals surface area contributed by atoms with Gasteiger partial charge in [-0.05, 0) is 18.2 Å². The molecular formula is C10H8F3NO5S. The van der Waals surface area contributed by atoms with Crippen LogP contribution in [0.15, 0.2) is 23.1 Å². The number of carbonyl (C=O) groups is 2. The standard InChI is InChI=1S/C10H8F3NO5S/c1-20(18,19)7-4-5(8(15)16)2-3-6(7)14-9(17)10(11,12)13/h2-4H,1H3,(H,14,17)(H,15,16). The molecule has 0 saturated carbocycles. The molecule has 6 nitrogen and oxygen atoms in total. The predicted octanol–water partition coefficient (Wildman–Crippen LogP) is 1.29. The van der Waals surface area contributed by atoms with Crippen molar-refractivity contribution in [2.24, 2.45) is 0 Å². The largest absolute Gasteiger partial charge is 0.478 e. The maximum Gasteiger partial charge on any atom is 0.471 e. The number of halogens is 3. The Balaban J connectivity index is 3.34. The number of alkyl halides is 3. The number of carboxylic acid groups (broad SMARTS) is 1. The first-order valence-corrected chi connectivity index (χ1v) is 6.77. The monoisotopic (exact) mass is 311 g/mol. The van der Waals surface area contributed by atoms with E-state index in [-0.39, 0.29) is 0 Å². The van der Waals surface area contributed by atoms with E-state index < -0.39 is 44.0 Å². The lowest BCUT2D eigenvalue weighted by molar-refractivity contribution is -0.167. The van der Waals surface area contributed by atoms with Crippen LogP contribution in [0.5, 0.6) is 0 Å². The molecule has 10 heteroatoms. The Morgan fingerprint density at radius 1 is 1.25 bits per heavy atom. The van der Waals surface area contributed by atoms with E-state index in [0.29, 0.717) is 12.3 Å². The van der Waals surface area contributed by atoms with E-state index in [2.05, 4.69) is 0 Å². The minimum absolute atomic E-state index is 0.435. The molecular weight excluding hydrogens is 303 g/mol. The third kappa shape index (κ3) is 3.70. The van der Waals surface area contributed by atoms with Crippen LogP contribution >= 0.6 is 0 Å². The molecule has 1 rings (SSSR count). The summed E-state index contributed by atoms with van der Waals surface area (Å²) in [6.45, 7) is 0. The normalized spacial score (nSPS) is 12.0. The lowest BCUT2D eigenvalue weighted by Crippen LogP contribution is -2.30. The minimum Gasteiger partial charge on any atom is -0.478 e. The van der Waals surface area contributed by atoms with Gasteiger partial charge in [-0.3, -0.25) is 4.79 Å². The Morgan fingerprint density at radius 2 is 1.80 bits per heavy atom. The Bertz CT molecular complexity index is 666. The molecule has 0 spiro atoms. The zero-order chi connectivity index (χ0) is 15.7. The summed E-state index contributed by atoms with van der Waals surface area (Å²) in [7, 11) is -4.03. The molecule has 20 heavy (non-hydrogen) atoms. The molecule has 0 fully saturated rings. The number of aromatic carboxylic acids is 1. The first-order chi connectivity index (χ1) is 8.93. The smallest absolute Gasteiger partial charge is 0.471 e. The van der Waals surface area contributed by atoms with Gasteiger partial charge in [-0.1, -0.05) is 0 Å². The highest BCUT2D eigenvalue weighted by Gasteiger charge is 2.39. The maximum atomic E-state index is 12.1. The van der Waals surface area contributed by atoms with Gasteiger partial charge < -0.3 is 10.4 Å². The van der Waals surface area contributed by atoms with Crippen molar-refractivity contribution in [2.45, 2.75) is 11.1 Å². The number of benzene rings is 1. The van der Waals surface area contributed by atoms with Gasteiger partial charge in [-0.25, -0.2) is 13.2 Å². The number of anilines is 1. The van der Waals surface area contributed by atoms with Crippen molar-refractivity contribution in [1.29, 1.82) is 0 Å². The number of rotatable bonds is 3. The zero-order valence-electron chi connectivity index (χ0n) is 9.85. The number of sulfone groups is 1. The van der Waals surface area contributed by atoms with Crippen LogP contribution in [0, 0.1) is 0 Å². The maximum absolute atomic E-state index is 12.1. The van der Waals surface area contributed by atoms with Gasteiger partial charge in [-0.15, -0.1) is 0 Å². The number of carbonyl (C=O) groups excluding carboxylic acids is 1. The van der Waals surface area contributed by atoms with Gasteiger partial charge in [0.15, 0.2) is 9.84 Å². The minimum atomic E-state index is -5.19. The van der Waals surface area contributed by atoms with Crippen molar-refractivity contribution in [3.63, 3.8) is 0 Å². The summed E-state index contributed by atoms with van der Waals surface area (Å²) in [5.74, 6) is -3.81. The van der Waals surface area contributed by atoms with Crippen LogP contribution in [0.1, 0.15) is 10.4 Å². The van der Waals surface area contributed by atoms with Gasteiger partial charge in [0, 0.05) is 6.26 Å². The molecule has 0 radical (unpaired) electrons. The van der Waals surface area contributed by atoms with Crippen LogP contribution in [0.25, 0.3) is 0 Å². The van der Waals surface area contributed by atoms with Crippen molar-refractivity contribution in [2.75, 3.05) is 11.6 Å². The number of hydrogen-bond acceptors (Lipinski definition) is 4. The Hall–Kier alpha value is -2.10. The van der Waals surface area contributed by atoms with Crippen LogP contribution < -0.4 is 5.32 Å². The summed E-state index contributed by atoms with van der Waals surface area (Å²) in [6.07, 6.45) is -4.52. The Morgan fingerprint density at radius 3 is 2.20 bits per heavy atom. The highest BCUT2D eigenvalue weighted by atomic mass is 32.2. The SMILES string of the molecule is CS(=O)(=O)c1cc(C(=O)O)ccc1NC(=O)C(F)(F)F. The number of amides is 1. The van der Waals surface area contributed by atoms with Gasteiger partial charge in [0.2, 0.25) is 0 Å². The summed E-state index contributed by atoms with van der Waals surface area (Å²) in [6, 6.07) is 2.33. The third-order valence-electron chi connectivity index (χ3n) is 2.13. The molecule has 0 bridgehead atoms. The highest BCUT2D eigenvalue weighted by molar-refractivity contribution is 7.90. The fraction of sp³-hybridized carbons (Fsp3) is 0.200. The summed E-state index contributed by atoms with van der Waals surface area (Å²) in [5, 5.41) is 10.1. The van der Waals surface area contributed by atoms with Gasteiger partial charge in [0.25, 0.3) is 0 Å². The van der Waals surface area contributed by atoms with E-state index in [4.69, 9.17) is 5.11 Å². The molecule has 0 aliphatic carbocycles. The van der Waals surface area contributed by atoms with Crippen molar-refractivity contribution in [3.8, 4) is 0 Å². The topological polar surface area (TPSA) is 101 Å². The Labute approximate surface area is 111 Å². The molecule has 110 valence electrons. The molecule has 0 atom stereocenters. The molecule has 0 saturated heterocycles. The lowest BCUT2D eigenvalue weighted by atomic mass is 10.2. The molecule has 0 aliphatic heterocycles. The molecule has 2 N–H and O–H groups in total. The molecule has 0 aliphatic rings. The van der Waals surface area contributed by atoms with Crippen molar-refractivity contribution >= 4 is 27.4 Å². The van der Waals surface area contributed by atoms with E-state index in [1.54, 1.807) is 0 Å². The van der Waals surface area contributed by atoms with Gasteiger partial charge >= 0.3 is 18.1 Å². The quantitative estimate of drug-likeness (QED) is 0.876. The summed E-state index contributed by atoms with van der Waals surface area (Å²) < 4.78 is 59.2. The molecule has 1 amide bonds. The van der Waals surface area contributed by atoms with Crippen LogP contribution in [-0.2, 0) is 14.6 Å². The number of hydrogen-bond donors (Lipinski definition) is 2. The van der Waals surface area contributed by atoms with Crippen LogP contribution in [-0.4, -0.2) is 37.8 Å². The van der Waals surface area contributed by atoms with E-state index in [9.17, 15) is 31.2 Å². The van der Waals surface area contributed by atoms with Crippen molar-refractivity contribution in [1.82, 2.24) is 0 Å². The molecule has 0 unspecified atom stereocenters. The van der Waals surface area contributed by atoms with Crippen molar-refractivity contribution < 1.29 is 36.3 Å². The summed E-state index contributed by atoms with van der Waals surface area (Å²) in [4.78, 5) is 20.8. The van der Waals surface area contributed by atoms with Gasteiger partial charge in [0.1, 0.15) is 0 Å². The molecule has 0 aromatic heterocycles. The van der Waals surface area contributed by atoms with Gasteiger partial charge in [-0.2, -0.15) is 13.2 Å². The fourth-order valence-corrected chi connectivity index (χ4v) is 2.12. The first-order valence-electron chi connectivity index (χ1n) is 4.88. The Kier molecular flexibility index (Phi) is 4.08. The van der Waals surface area contributed by atoms with Gasteiger partial charge in [0.05, 0.1) is 16.1 Å². The lowest BCUT2D eigenvalue weighted by Gasteiger charge is -2.12. The predicted molar refractivity (Wildman–Crippen MR) is 61.2 cm³/mol. The highest BCUT2D eigenvalue weighted by Crippen LogP contribution is 2.25. The molecule has 0 heterocycles.